The number of hydrogen-bond acceptors (Lipinski definition) is 4. The van der Waals surface area contributed by atoms with Crippen molar-refractivity contribution in [3.8, 4) is 0 Å². The van der Waals surface area contributed by atoms with Crippen molar-refractivity contribution >= 4 is 29.9 Å². The SMILES string of the molecule is Cc1nnc(CN=C(NCC2CCCO2)N2CCC(c3ccccc3)C(C)C2)n1C.I. The highest BCUT2D eigenvalue weighted by molar-refractivity contribution is 14.0. The van der Waals surface area contributed by atoms with E-state index in [0.29, 0.717) is 18.4 Å². The van der Waals surface area contributed by atoms with Gasteiger partial charge in [-0.1, -0.05) is 37.3 Å². The Labute approximate surface area is 202 Å². The first-order valence-corrected chi connectivity index (χ1v) is 11.2. The fraction of sp³-hybridized carbons (Fsp3) is 0.609. The predicted molar refractivity (Wildman–Crippen MR) is 134 cm³/mol. The third kappa shape index (κ3) is 5.97. The molecule has 7 nitrogen and oxygen atoms in total. The largest absolute Gasteiger partial charge is 0.376 e. The number of piperidine rings is 1. The zero-order valence-corrected chi connectivity index (χ0v) is 21.2. The van der Waals surface area contributed by atoms with E-state index in [1.54, 1.807) is 0 Å². The molecule has 2 saturated heterocycles. The molecule has 0 saturated carbocycles. The van der Waals surface area contributed by atoms with E-state index >= 15 is 0 Å². The van der Waals surface area contributed by atoms with Crippen LogP contribution in [0.5, 0.6) is 0 Å². The molecule has 0 spiro atoms. The van der Waals surface area contributed by atoms with Gasteiger partial charge in [0, 0.05) is 33.3 Å². The lowest BCUT2D eigenvalue weighted by Gasteiger charge is -2.39. The van der Waals surface area contributed by atoms with Crippen LogP contribution in [0.15, 0.2) is 35.3 Å². The van der Waals surface area contributed by atoms with Crippen molar-refractivity contribution in [1.82, 2.24) is 25.0 Å². The van der Waals surface area contributed by atoms with E-state index in [2.05, 4.69) is 57.7 Å². The molecule has 0 radical (unpaired) electrons. The molecule has 3 unspecified atom stereocenters. The van der Waals surface area contributed by atoms with E-state index in [1.165, 1.54) is 5.56 Å². The molecule has 0 aliphatic carbocycles. The Morgan fingerprint density at radius 3 is 2.68 bits per heavy atom. The molecule has 31 heavy (non-hydrogen) atoms. The van der Waals surface area contributed by atoms with Crippen LogP contribution in [0.2, 0.25) is 0 Å². The second kappa shape index (κ2) is 11.3. The number of likely N-dealkylation sites (tertiary alicyclic amines) is 1. The lowest BCUT2D eigenvalue weighted by Crippen LogP contribution is -2.49. The number of aromatic nitrogens is 3. The number of aryl methyl sites for hydroxylation is 1. The second-order valence-corrected chi connectivity index (χ2v) is 8.61. The number of rotatable bonds is 5. The van der Waals surface area contributed by atoms with Gasteiger partial charge in [-0.15, -0.1) is 34.2 Å². The molecule has 2 aliphatic heterocycles. The molecule has 3 atom stereocenters. The summed E-state index contributed by atoms with van der Waals surface area (Å²) in [4.78, 5) is 7.34. The minimum Gasteiger partial charge on any atom is -0.376 e. The average Bonchev–Trinajstić information content (AvgIpc) is 3.39. The second-order valence-electron chi connectivity index (χ2n) is 8.61. The molecule has 1 N–H and O–H groups in total. The fourth-order valence-corrected chi connectivity index (χ4v) is 4.55. The highest BCUT2D eigenvalue weighted by atomic mass is 127. The number of ether oxygens (including phenoxy) is 1. The number of benzene rings is 1. The topological polar surface area (TPSA) is 67.6 Å². The lowest BCUT2D eigenvalue weighted by atomic mass is 9.82. The predicted octanol–water partition coefficient (Wildman–Crippen LogP) is 3.49. The summed E-state index contributed by atoms with van der Waals surface area (Å²) in [5.41, 5.74) is 1.45. The number of hydrogen-bond donors (Lipinski definition) is 1. The van der Waals surface area contributed by atoms with Crippen LogP contribution in [0.4, 0.5) is 0 Å². The summed E-state index contributed by atoms with van der Waals surface area (Å²) in [7, 11) is 1.99. The van der Waals surface area contributed by atoms with Gasteiger partial charge in [0.2, 0.25) is 0 Å². The van der Waals surface area contributed by atoms with Crippen LogP contribution in [0, 0.1) is 12.8 Å². The molecule has 0 bridgehead atoms. The zero-order chi connectivity index (χ0) is 20.9. The number of aliphatic imine (C=N–C) groups is 1. The molecule has 3 heterocycles. The van der Waals surface area contributed by atoms with Gasteiger partial charge >= 0.3 is 0 Å². The van der Waals surface area contributed by atoms with Gasteiger partial charge in [0.15, 0.2) is 11.8 Å². The first-order valence-electron chi connectivity index (χ1n) is 11.2. The van der Waals surface area contributed by atoms with E-state index < -0.39 is 0 Å². The van der Waals surface area contributed by atoms with Crippen LogP contribution in [0.3, 0.4) is 0 Å². The van der Waals surface area contributed by atoms with Crippen molar-refractivity contribution in [3.63, 3.8) is 0 Å². The van der Waals surface area contributed by atoms with Gasteiger partial charge < -0.3 is 19.5 Å². The standard InChI is InChI=1S/C23H34N6O.HI/c1-17-16-29(12-11-21(17)19-8-5-4-6-9-19)23(24-14-20-10-7-13-30-20)25-15-22-27-26-18(2)28(22)3;/h4-6,8-9,17,20-21H,7,10-16H2,1-3H3,(H,24,25);1H. The highest BCUT2D eigenvalue weighted by Crippen LogP contribution is 2.32. The maximum Gasteiger partial charge on any atom is 0.194 e. The third-order valence-corrected chi connectivity index (χ3v) is 6.50. The van der Waals surface area contributed by atoms with Gasteiger partial charge in [-0.2, -0.15) is 0 Å². The summed E-state index contributed by atoms with van der Waals surface area (Å²) in [5, 5.41) is 12.0. The van der Waals surface area contributed by atoms with Gasteiger partial charge in [-0.25, -0.2) is 4.99 Å². The van der Waals surface area contributed by atoms with Crippen molar-refractivity contribution < 1.29 is 4.74 Å². The first kappa shape index (κ1) is 24.0. The van der Waals surface area contributed by atoms with Gasteiger partial charge in [0.1, 0.15) is 12.4 Å². The smallest absolute Gasteiger partial charge is 0.194 e. The Kier molecular flexibility index (Phi) is 8.71. The Morgan fingerprint density at radius 2 is 2.03 bits per heavy atom. The van der Waals surface area contributed by atoms with Crippen molar-refractivity contribution in [2.75, 3.05) is 26.2 Å². The average molecular weight is 538 g/mol. The van der Waals surface area contributed by atoms with Crippen LogP contribution in [0.25, 0.3) is 0 Å². The summed E-state index contributed by atoms with van der Waals surface area (Å²) in [6, 6.07) is 10.9. The Balaban J connectivity index is 0.00000272. The van der Waals surface area contributed by atoms with E-state index in [-0.39, 0.29) is 30.1 Å². The van der Waals surface area contributed by atoms with Crippen LogP contribution in [0.1, 0.15) is 49.3 Å². The van der Waals surface area contributed by atoms with Gasteiger partial charge in [0.25, 0.3) is 0 Å². The zero-order valence-electron chi connectivity index (χ0n) is 18.8. The molecule has 1 aromatic carbocycles. The van der Waals surface area contributed by atoms with Crippen LogP contribution in [-0.4, -0.2) is 58.0 Å². The molecule has 4 rings (SSSR count). The monoisotopic (exact) mass is 538 g/mol. The minimum atomic E-state index is 0. The quantitative estimate of drug-likeness (QED) is 0.359. The number of nitrogens with zero attached hydrogens (tertiary/aromatic N) is 5. The summed E-state index contributed by atoms with van der Waals surface area (Å²) in [6.07, 6.45) is 3.69. The number of nitrogens with one attached hydrogen (secondary N) is 1. The summed E-state index contributed by atoms with van der Waals surface area (Å²) in [5.74, 6) is 3.92. The molecule has 2 aliphatic rings. The van der Waals surface area contributed by atoms with Crippen molar-refractivity contribution in [2.24, 2.45) is 18.0 Å². The summed E-state index contributed by atoms with van der Waals surface area (Å²) >= 11 is 0. The van der Waals surface area contributed by atoms with Gasteiger partial charge in [-0.3, -0.25) is 0 Å². The molecule has 0 amide bonds. The Bertz CT molecular complexity index is 849. The summed E-state index contributed by atoms with van der Waals surface area (Å²) in [6.45, 7) is 8.52. The maximum atomic E-state index is 5.81. The van der Waals surface area contributed by atoms with E-state index in [4.69, 9.17) is 9.73 Å². The lowest BCUT2D eigenvalue weighted by molar-refractivity contribution is 0.112. The molecule has 1 aromatic heterocycles. The van der Waals surface area contributed by atoms with Crippen molar-refractivity contribution in [2.45, 2.75) is 51.7 Å². The molecule has 170 valence electrons. The molecule has 2 aromatic rings. The Morgan fingerprint density at radius 1 is 1.23 bits per heavy atom. The number of guanidine groups is 1. The molecular formula is C23H35IN6O. The molecular weight excluding hydrogens is 503 g/mol. The van der Waals surface area contributed by atoms with E-state index in [1.807, 2.05) is 18.5 Å². The normalized spacial score (nSPS) is 24.2. The van der Waals surface area contributed by atoms with Gasteiger partial charge in [0.05, 0.1) is 6.10 Å². The summed E-state index contributed by atoms with van der Waals surface area (Å²) < 4.78 is 7.81. The maximum absolute atomic E-state index is 5.81. The van der Waals surface area contributed by atoms with Crippen LogP contribution >= 0.6 is 24.0 Å². The van der Waals surface area contributed by atoms with Crippen molar-refractivity contribution in [3.05, 3.63) is 47.5 Å². The van der Waals surface area contributed by atoms with Crippen LogP contribution < -0.4 is 5.32 Å². The minimum absolute atomic E-state index is 0. The number of halogens is 1. The Hall–Kier alpha value is -1.68. The van der Waals surface area contributed by atoms with Crippen molar-refractivity contribution in [1.29, 1.82) is 0 Å². The third-order valence-electron chi connectivity index (χ3n) is 6.50. The van der Waals surface area contributed by atoms with Crippen LogP contribution in [-0.2, 0) is 18.3 Å². The highest BCUT2D eigenvalue weighted by Gasteiger charge is 2.29. The van der Waals surface area contributed by atoms with Gasteiger partial charge in [-0.05, 0) is 43.6 Å². The van der Waals surface area contributed by atoms with E-state index in [9.17, 15) is 0 Å². The fourth-order valence-electron chi connectivity index (χ4n) is 4.55. The molecule has 2 fully saturated rings. The molecule has 8 heteroatoms. The van der Waals surface area contributed by atoms with E-state index in [0.717, 1.165) is 63.1 Å². The first-order chi connectivity index (χ1) is 14.6.